The molecule has 0 saturated heterocycles. The largest absolute Gasteiger partial charge is 0.413 e. The minimum atomic E-state index is -2.25. The van der Waals surface area contributed by atoms with E-state index in [1.54, 1.807) is 14.2 Å². The lowest BCUT2D eigenvalue weighted by Crippen LogP contribution is -2.50. The predicted molar refractivity (Wildman–Crippen MR) is 73.1 cm³/mol. The van der Waals surface area contributed by atoms with Crippen molar-refractivity contribution in [2.75, 3.05) is 14.2 Å². The van der Waals surface area contributed by atoms with Crippen LogP contribution >= 0.6 is 0 Å². The highest BCUT2D eigenvalue weighted by Gasteiger charge is 2.42. The zero-order chi connectivity index (χ0) is 13.0. The molecule has 0 fully saturated rings. The first-order valence-electron chi connectivity index (χ1n) is 5.54. The van der Waals surface area contributed by atoms with Crippen molar-refractivity contribution in [2.24, 2.45) is 0 Å². The van der Waals surface area contributed by atoms with Gasteiger partial charge in [-0.1, -0.05) is 0 Å². The second-order valence-corrected chi connectivity index (χ2v) is 13.6. The molecule has 0 bridgehead atoms. The summed E-state index contributed by atoms with van der Waals surface area (Å²) >= 11 is 0. The van der Waals surface area contributed by atoms with Gasteiger partial charge in [-0.25, -0.2) is 0 Å². The molecule has 3 nitrogen and oxygen atoms in total. The van der Waals surface area contributed by atoms with Gasteiger partial charge < -0.3 is 13.3 Å². The van der Waals surface area contributed by atoms with Crippen LogP contribution in [-0.2, 0) is 13.3 Å². The fourth-order valence-electron chi connectivity index (χ4n) is 1.92. The summed E-state index contributed by atoms with van der Waals surface area (Å²) in [6.07, 6.45) is 0. The van der Waals surface area contributed by atoms with Crippen LogP contribution in [0.3, 0.4) is 0 Å². The summed E-state index contributed by atoms with van der Waals surface area (Å²) in [6, 6.07) is 0. The van der Waals surface area contributed by atoms with Crippen LogP contribution in [0.1, 0.15) is 20.8 Å². The zero-order valence-corrected chi connectivity index (χ0v) is 13.7. The summed E-state index contributed by atoms with van der Waals surface area (Å²) < 4.78 is 17.2. The van der Waals surface area contributed by atoms with E-state index in [-0.39, 0.29) is 5.60 Å². The Kier molecular flexibility index (Phi) is 5.61. The van der Waals surface area contributed by atoms with Gasteiger partial charge in [-0.3, -0.25) is 0 Å². The van der Waals surface area contributed by atoms with E-state index in [4.69, 9.17) is 13.3 Å². The molecule has 0 saturated carbocycles. The summed E-state index contributed by atoms with van der Waals surface area (Å²) in [5, 5.41) is 0. The molecule has 0 radical (unpaired) electrons. The maximum atomic E-state index is 6.15. The Morgan fingerprint density at radius 2 is 1.56 bits per heavy atom. The average Bonchev–Trinajstić information content (AvgIpc) is 2.10. The SMILES string of the molecule is C=C[Si](C[Si](C)(C)OC(C)(C)C)(OC)OC. The van der Waals surface area contributed by atoms with Crippen LogP contribution in [0, 0.1) is 0 Å². The quantitative estimate of drug-likeness (QED) is 0.689. The molecule has 0 aromatic carbocycles. The normalized spacial score (nSPS) is 13.9. The standard InChI is InChI=1S/C11H26O3Si2/c1-9-16(12-5,13-6)10-15(7,8)14-11(2,3)4/h9H,1,10H2,2-8H3. The van der Waals surface area contributed by atoms with Crippen molar-refractivity contribution >= 4 is 16.9 Å². The molecule has 0 N–H and O–H groups in total. The van der Waals surface area contributed by atoms with Gasteiger partial charge in [0.1, 0.15) is 0 Å². The van der Waals surface area contributed by atoms with Gasteiger partial charge in [0.25, 0.3) is 0 Å². The molecule has 16 heavy (non-hydrogen) atoms. The first kappa shape index (κ1) is 16.1. The van der Waals surface area contributed by atoms with Gasteiger partial charge in [-0.05, 0) is 39.6 Å². The average molecular weight is 262 g/mol. The Morgan fingerprint density at radius 3 is 1.81 bits per heavy atom. The van der Waals surface area contributed by atoms with Crippen LogP contribution in [0.25, 0.3) is 0 Å². The van der Waals surface area contributed by atoms with Gasteiger partial charge in [0.2, 0.25) is 0 Å². The molecule has 0 unspecified atom stereocenters. The molecule has 0 aliphatic carbocycles. The van der Waals surface area contributed by atoms with E-state index < -0.39 is 16.9 Å². The number of hydrogen-bond donors (Lipinski definition) is 0. The van der Waals surface area contributed by atoms with E-state index in [1.165, 1.54) is 0 Å². The number of hydrogen-bond acceptors (Lipinski definition) is 3. The van der Waals surface area contributed by atoms with Crippen molar-refractivity contribution in [1.82, 2.24) is 0 Å². The van der Waals surface area contributed by atoms with Crippen molar-refractivity contribution in [1.29, 1.82) is 0 Å². The fraction of sp³-hybridized carbons (Fsp3) is 0.818. The van der Waals surface area contributed by atoms with Gasteiger partial charge in [-0.2, -0.15) is 0 Å². The van der Waals surface area contributed by atoms with Gasteiger partial charge >= 0.3 is 8.56 Å². The molecule has 0 rings (SSSR count). The lowest BCUT2D eigenvalue weighted by molar-refractivity contribution is 0.120. The van der Waals surface area contributed by atoms with E-state index in [0.29, 0.717) is 0 Å². The molecule has 0 aromatic rings. The Bertz CT molecular complexity index is 230. The smallest absolute Gasteiger partial charge is 0.363 e. The van der Waals surface area contributed by atoms with Crippen LogP contribution in [0.4, 0.5) is 0 Å². The molecule has 0 aromatic heterocycles. The highest BCUT2D eigenvalue weighted by Crippen LogP contribution is 2.26. The van der Waals surface area contributed by atoms with Gasteiger partial charge in [0.15, 0.2) is 8.32 Å². The molecule has 0 atom stereocenters. The molecule has 96 valence electrons. The van der Waals surface area contributed by atoms with Crippen LogP contribution in [0.2, 0.25) is 18.8 Å². The highest BCUT2D eigenvalue weighted by molar-refractivity contribution is 6.90. The minimum absolute atomic E-state index is 0.113. The van der Waals surface area contributed by atoms with Gasteiger partial charge in [0, 0.05) is 25.5 Å². The summed E-state index contributed by atoms with van der Waals surface area (Å²) in [5.74, 6) is 0. The van der Waals surface area contributed by atoms with E-state index in [2.05, 4.69) is 40.4 Å². The first-order valence-corrected chi connectivity index (χ1v) is 10.8. The van der Waals surface area contributed by atoms with E-state index >= 15 is 0 Å². The third kappa shape index (κ3) is 5.40. The van der Waals surface area contributed by atoms with Crippen LogP contribution in [-0.4, -0.2) is 36.7 Å². The summed E-state index contributed by atoms with van der Waals surface area (Å²) in [7, 11) is -0.662. The van der Waals surface area contributed by atoms with Crippen LogP contribution < -0.4 is 0 Å². The maximum Gasteiger partial charge on any atom is 0.363 e. The monoisotopic (exact) mass is 262 g/mol. The third-order valence-corrected chi connectivity index (χ3v) is 10.8. The zero-order valence-electron chi connectivity index (χ0n) is 11.7. The van der Waals surface area contributed by atoms with E-state index in [9.17, 15) is 0 Å². The van der Waals surface area contributed by atoms with Gasteiger partial charge in [0.05, 0.1) is 0 Å². The Labute approximate surface area is 102 Å². The molecule has 0 aliphatic rings. The highest BCUT2D eigenvalue weighted by atomic mass is 28.4. The van der Waals surface area contributed by atoms with E-state index in [1.807, 2.05) is 5.70 Å². The Balaban J connectivity index is 4.72. The van der Waals surface area contributed by atoms with Crippen molar-refractivity contribution in [3.8, 4) is 0 Å². The lowest BCUT2D eigenvalue weighted by Gasteiger charge is -2.36. The number of rotatable bonds is 6. The first-order chi connectivity index (χ1) is 7.10. The summed E-state index contributed by atoms with van der Waals surface area (Å²) in [4.78, 5) is 0. The molecule has 5 heteroatoms. The minimum Gasteiger partial charge on any atom is -0.413 e. The Morgan fingerprint density at radius 1 is 1.12 bits per heavy atom. The predicted octanol–water partition coefficient (Wildman–Crippen LogP) is 3.01. The third-order valence-electron chi connectivity index (χ3n) is 2.26. The summed E-state index contributed by atoms with van der Waals surface area (Å²) in [6.45, 7) is 14.5. The van der Waals surface area contributed by atoms with Crippen molar-refractivity contribution in [2.45, 2.75) is 45.1 Å². The molecule has 0 aliphatic heterocycles. The van der Waals surface area contributed by atoms with Crippen molar-refractivity contribution < 1.29 is 13.3 Å². The molecule has 0 spiro atoms. The maximum absolute atomic E-state index is 6.15. The lowest BCUT2D eigenvalue weighted by atomic mass is 10.2. The summed E-state index contributed by atoms with van der Waals surface area (Å²) in [5.41, 5.74) is 2.60. The molecular weight excluding hydrogens is 236 g/mol. The van der Waals surface area contributed by atoms with Gasteiger partial charge in [-0.15, -0.1) is 6.58 Å². The Hall–Kier alpha value is 0.0538. The molecule has 0 amide bonds. The molecule has 0 heterocycles. The second-order valence-electron chi connectivity index (χ2n) is 5.58. The van der Waals surface area contributed by atoms with Crippen LogP contribution in [0.15, 0.2) is 12.3 Å². The second kappa shape index (κ2) is 5.59. The fourth-order valence-corrected chi connectivity index (χ4v) is 10.9. The molecular formula is C11H26O3Si2. The topological polar surface area (TPSA) is 27.7 Å². The van der Waals surface area contributed by atoms with E-state index in [0.717, 1.165) is 5.67 Å². The van der Waals surface area contributed by atoms with Crippen LogP contribution in [0.5, 0.6) is 0 Å². The van der Waals surface area contributed by atoms with Crippen molar-refractivity contribution in [3.63, 3.8) is 0 Å². The van der Waals surface area contributed by atoms with Crippen molar-refractivity contribution in [3.05, 3.63) is 12.3 Å².